The highest BCUT2D eigenvalue weighted by molar-refractivity contribution is 5.92. The predicted octanol–water partition coefficient (Wildman–Crippen LogP) is 1.30. The van der Waals surface area contributed by atoms with E-state index in [1.165, 1.54) is 6.20 Å². The monoisotopic (exact) mass is 319 g/mol. The molecule has 0 aliphatic heterocycles. The Morgan fingerprint density at radius 1 is 1.39 bits per heavy atom. The molecule has 0 radical (unpaired) electrons. The lowest BCUT2D eigenvalue weighted by atomic mass is 10.2. The van der Waals surface area contributed by atoms with E-state index in [4.69, 9.17) is 10.5 Å². The normalized spacial score (nSPS) is 10.9. The molecule has 0 aromatic carbocycles. The summed E-state index contributed by atoms with van der Waals surface area (Å²) in [6.45, 7) is 5.54. The first-order valence-corrected chi connectivity index (χ1v) is 7.49. The van der Waals surface area contributed by atoms with Crippen LogP contribution < -0.4 is 11.1 Å². The van der Waals surface area contributed by atoms with Gasteiger partial charge in [-0.2, -0.15) is 5.10 Å². The highest BCUT2D eigenvalue weighted by atomic mass is 16.5. The number of nitrogens with zero attached hydrogens (tertiary/aromatic N) is 3. The highest BCUT2D eigenvalue weighted by Gasteiger charge is 2.12. The maximum Gasteiger partial charge on any atom is 0.339 e. The van der Waals surface area contributed by atoms with Crippen LogP contribution in [-0.4, -0.2) is 39.9 Å². The van der Waals surface area contributed by atoms with E-state index in [0.717, 1.165) is 17.6 Å². The zero-order valence-corrected chi connectivity index (χ0v) is 13.3. The van der Waals surface area contributed by atoms with E-state index < -0.39 is 12.0 Å². The molecule has 0 bridgehead atoms. The number of hydrogen-bond donors (Lipinski definition) is 2. The summed E-state index contributed by atoms with van der Waals surface area (Å²) < 4.78 is 6.96. The molecule has 0 fully saturated rings. The van der Waals surface area contributed by atoms with Crippen molar-refractivity contribution in [2.45, 2.75) is 26.8 Å². The topological polar surface area (TPSA) is 112 Å². The maximum absolute atomic E-state index is 12.0. The number of aromatic nitrogens is 3. The van der Waals surface area contributed by atoms with Gasteiger partial charge in [0.25, 0.3) is 0 Å². The number of esters is 1. The number of fused-ring (bicyclic) bond motifs is 1. The fraction of sp³-hybridized carbons (Fsp3) is 0.467. The number of carbonyl (C=O) groups is 2. The second-order valence-corrected chi connectivity index (χ2v) is 5.64. The number of amides is 2. The summed E-state index contributed by atoms with van der Waals surface area (Å²) in [6.07, 6.45) is 3.68. The van der Waals surface area contributed by atoms with E-state index >= 15 is 0 Å². The Morgan fingerprint density at radius 2 is 2.17 bits per heavy atom. The van der Waals surface area contributed by atoms with Crippen LogP contribution in [0.2, 0.25) is 0 Å². The molecule has 8 nitrogen and oxygen atoms in total. The first-order chi connectivity index (χ1) is 11.0. The quantitative estimate of drug-likeness (QED) is 0.590. The number of carbonyl (C=O) groups excluding carboxylic acids is 2. The third-order valence-corrected chi connectivity index (χ3v) is 3.10. The predicted molar refractivity (Wildman–Crippen MR) is 84.9 cm³/mol. The summed E-state index contributed by atoms with van der Waals surface area (Å²) >= 11 is 0. The van der Waals surface area contributed by atoms with Crippen molar-refractivity contribution < 1.29 is 14.3 Å². The number of primary amides is 1. The van der Waals surface area contributed by atoms with E-state index in [1.807, 2.05) is 4.68 Å². The molecule has 124 valence electrons. The summed E-state index contributed by atoms with van der Waals surface area (Å²) in [5, 5.41) is 7.52. The zero-order chi connectivity index (χ0) is 16.8. The van der Waals surface area contributed by atoms with E-state index in [-0.39, 0.29) is 6.61 Å². The van der Waals surface area contributed by atoms with Crippen molar-refractivity contribution in [1.29, 1.82) is 0 Å². The second kappa shape index (κ2) is 7.57. The average molecular weight is 319 g/mol. The SMILES string of the molecule is CC(C)Cn1ncc2cc(C(=O)OCCCNC(N)=O)cnc21. The van der Waals surface area contributed by atoms with Crippen LogP contribution in [0.4, 0.5) is 4.79 Å². The van der Waals surface area contributed by atoms with Crippen LogP contribution >= 0.6 is 0 Å². The Hall–Kier alpha value is -2.64. The molecule has 8 heteroatoms. The number of ether oxygens (including phenoxy) is 1. The molecule has 2 amide bonds. The molecule has 2 rings (SSSR count). The minimum absolute atomic E-state index is 0.198. The average Bonchev–Trinajstić information content (AvgIpc) is 2.88. The van der Waals surface area contributed by atoms with E-state index in [2.05, 4.69) is 29.2 Å². The van der Waals surface area contributed by atoms with Gasteiger partial charge in [0.05, 0.1) is 18.4 Å². The Labute approximate surface area is 134 Å². The van der Waals surface area contributed by atoms with Crippen LogP contribution in [0.5, 0.6) is 0 Å². The Morgan fingerprint density at radius 3 is 2.87 bits per heavy atom. The Balaban J connectivity index is 1.95. The molecule has 3 N–H and O–H groups in total. The molecule has 0 aliphatic carbocycles. The van der Waals surface area contributed by atoms with Gasteiger partial charge in [-0.05, 0) is 18.4 Å². The second-order valence-electron chi connectivity index (χ2n) is 5.64. The van der Waals surface area contributed by atoms with E-state index in [1.54, 1.807) is 12.3 Å². The lowest BCUT2D eigenvalue weighted by molar-refractivity contribution is 0.0501. The molecule has 0 unspecified atom stereocenters. The van der Waals surface area contributed by atoms with Crippen LogP contribution in [-0.2, 0) is 11.3 Å². The largest absolute Gasteiger partial charge is 0.462 e. The van der Waals surface area contributed by atoms with Crippen LogP contribution in [0.3, 0.4) is 0 Å². The van der Waals surface area contributed by atoms with Gasteiger partial charge in [-0.3, -0.25) is 0 Å². The minimum Gasteiger partial charge on any atom is -0.462 e. The molecular formula is C15H21N5O3. The third-order valence-electron chi connectivity index (χ3n) is 3.10. The van der Waals surface area contributed by atoms with E-state index in [0.29, 0.717) is 24.4 Å². The van der Waals surface area contributed by atoms with Gasteiger partial charge in [0.1, 0.15) is 0 Å². The van der Waals surface area contributed by atoms with Gasteiger partial charge in [-0.1, -0.05) is 13.8 Å². The van der Waals surface area contributed by atoms with Crippen molar-refractivity contribution in [3.63, 3.8) is 0 Å². The molecule has 2 aromatic rings. The number of nitrogens with one attached hydrogen (secondary N) is 1. The zero-order valence-electron chi connectivity index (χ0n) is 13.3. The number of hydrogen-bond acceptors (Lipinski definition) is 5. The molecule has 0 spiro atoms. The van der Waals surface area contributed by atoms with Crippen molar-refractivity contribution in [3.05, 3.63) is 24.0 Å². The third kappa shape index (κ3) is 4.67. The Bertz CT molecular complexity index is 695. The van der Waals surface area contributed by atoms with E-state index in [9.17, 15) is 9.59 Å². The number of nitrogens with two attached hydrogens (primary N) is 1. The van der Waals surface area contributed by atoms with Crippen molar-refractivity contribution in [2.24, 2.45) is 11.7 Å². The van der Waals surface area contributed by atoms with Gasteiger partial charge in [0.15, 0.2) is 5.65 Å². The molecule has 23 heavy (non-hydrogen) atoms. The number of pyridine rings is 1. The first kappa shape index (κ1) is 16.7. The standard InChI is InChI=1S/C15H21N5O3/c1-10(2)9-20-13-11(8-19-20)6-12(7-18-13)14(21)23-5-3-4-17-15(16)22/h6-8,10H,3-5,9H2,1-2H3,(H3,16,17,22). The fourth-order valence-electron chi connectivity index (χ4n) is 2.09. The van der Waals surface area contributed by atoms with Gasteiger partial charge in [-0.25, -0.2) is 19.3 Å². The van der Waals surface area contributed by atoms with Gasteiger partial charge in [0.2, 0.25) is 0 Å². The summed E-state index contributed by atoms with van der Waals surface area (Å²) in [7, 11) is 0. The highest BCUT2D eigenvalue weighted by Crippen LogP contribution is 2.15. The number of rotatable bonds is 7. The summed E-state index contributed by atoms with van der Waals surface area (Å²) in [6, 6.07) is 1.13. The lowest BCUT2D eigenvalue weighted by Crippen LogP contribution is -2.30. The number of urea groups is 1. The van der Waals surface area contributed by atoms with Crippen molar-refractivity contribution >= 4 is 23.0 Å². The molecule has 0 saturated carbocycles. The molecule has 0 aliphatic rings. The van der Waals surface area contributed by atoms with Gasteiger partial charge < -0.3 is 15.8 Å². The molecule has 0 atom stereocenters. The van der Waals surface area contributed by atoms with Crippen LogP contribution in [0.15, 0.2) is 18.5 Å². The maximum atomic E-state index is 12.0. The first-order valence-electron chi connectivity index (χ1n) is 7.49. The van der Waals surface area contributed by atoms with Gasteiger partial charge in [0, 0.05) is 24.7 Å². The smallest absolute Gasteiger partial charge is 0.339 e. The lowest BCUT2D eigenvalue weighted by Gasteiger charge is -2.07. The minimum atomic E-state index is -0.593. The summed E-state index contributed by atoms with van der Waals surface area (Å²) in [4.78, 5) is 26.8. The van der Waals surface area contributed by atoms with Crippen molar-refractivity contribution in [1.82, 2.24) is 20.1 Å². The molecule has 0 saturated heterocycles. The Kier molecular flexibility index (Phi) is 5.51. The van der Waals surface area contributed by atoms with Crippen molar-refractivity contribution in [3.8, 4) is 0 Å². The fourth-order valence-corrected chi connectivity index (χ4v) is 2.09. The summed E-state index contributed by atoms with van der Waals surface area (Å²) in [5.74, 6) is 0.00800. The van der Waals surface area contributed by atoms with Crippen LogP contribution in [0, 0.1) is 5.92 Å². The van der Waals surface area contributed by atoms with Gasteiger partial charge >= 0.3 is 12.0 Å². The van der Waals surface area contributed by atoms with Crippen molar-refractivity contribution in [2.75, 3.05) is 13.2 Å². The van der Waals surface area contributed by atoms with Crippen LogP contribution in [0.1, 0.15) is 30.6 Å². The molecule has 2 heterocycles. The molecule has 2 aromatic heterocycles. The van der Waals surface area contributed by atoms with Crippen LogP contribution in [0.25, 0.3) is 11.0 Å². The molecular weight excluding hydrogens is 298 g/mol. The summed E-state index contributed by atoms with van der Waals surface area (Å²) in [5.41, 5.74) is 6.07. The van der Waals surface area contributed by atoms with Gasteiger partial charge in [-0.15, -0.1) is 0 Å².